The van der Waals surface area contributed by atoms with Crippen LogP contribution in [0.5, 0.6) is 0 Å². The molecule has 0 saturated carbocycles. The van der Waals surface area contributed by atoms with E-state index in [1.54, 1.807) is 0 Å². The van der Waals surface area contributed by atoms with Crippen LogP contribution in [0.25, 0.3) is 0 Å². The summed E-state index contributed by atoms with van der Waals surface area (Å²) in [7, 11) is 0. The normalized spacial score (nSPS) is 24.5. The van der Waals surface area contributed by atoms with Crippen LogP contribution in [-0.4, -0.2) is 38.2 Å². The van der Waals surface area contributed by atoms with Crippen LogP contribution in [0.2, 0.25) is 0 Å². The molecule has 1 aliphatic heterocycles. The second kappa shape index (κ2) is 6.49. The first-order chi connectivity index (χ1) is 8.38. The van der Waals surface area contributed by atoms with E-state index in [9.17, 15) is 4.79 Å². The minimum atomic E-state index is -0.200. The first-order valence-electron chi connectivity index (χ1n) is 5.79. The molecule has 0 spiro atoms. The molecular weight excluding hydrogens is 218 g/mol. The average Bonchev–Trinajstić information content (AvgIpc) is 2.40. The van der Waals surface area contributed by atoms with Crippen molar-refractivity contribution in [3.63, 3.8) is 0 Å². The van der Waals surface area contributed by atoms with Gasteiger partial charge in [0.15, 0.2) is 0 Å². The van der Waals surface area contributed by atoms with E-state index in [1.165, 1.54) is 0 Å². The van der Waals surface area contributed by atoms with Gasteiger partial charge in [-0.05, 0) is 5.56 Å². The Labute approximate surface area is 101 Å². The van der Waals surface area contributed by atoms with Gasteiger partial charge in [0.05, 0.1) is 38.5 Å². The minimum Gasteiger partial charge on any atom is -0.378 e. The quantitative estimate of drug-likeness (QED) is 0.765. The number of aldehydes is 1. The average molecular weight is 235 g/mol. The molecule has 1 N–H and O–H groups in total. The molecule has 4 heteroatoms. The molecule has 1 fully saturated rings. The fraction of sp³-hybridized carbons (Fsp3) is 0.462. The molecule has 2 rings (SSSR count). The Balaban J connectivity index is 1.70. The highest BCUT2D eigenvalue weighted by Gasteiger charge is 2.20. The second-order valence-electron chi connectivity index (χ2n) is 4.14. The Morgan fingerprint density at radius 3 is 2.94 bits per heavy atom. The standard InChI is InChI=1S/C13H17NO3/c15-6-12-8-17-10-13(14-12)9-16-7-11-4-2-1-3-5-11/h1-6,12-14H,7-10H2. The lowest BCUT2D eigenvalue weighted by Crippen LogP contribution is -2.51. The molecule has 92 valence electrons. The summed E-state index contributed by atoms with van der Waals surface area (Å²) < 4.78 is 10.9. The van der Waals surface area contributed by atoms with Crippen LogP contribution in [0.4, 0.5) is 0 Å². The van der Waals surface area contributed by atoms with E-state index in [0.29, 0.717) is 26.4 Å². The van der Waals surface area contributed by atoms with E-state index in [4.69, 9.17) is 9.47 Å². The van der Waals surface area contributed by atoms with Gasteiger partial charge in [0.2, 0.25) is 0 Å². The van der Waals surface area contributed by atoms with Crippen LogP contribution in [0.1, 0.15) is 5.56 Å². The Bertz CT molecular complexity index is 342. The third kappa shape index (κ3) is 3.93. The molecule has 1 saturated heterocycles. The molecule has 1 aromatic rings. The molecule has 0 aromatic heterocycles. The zero-order chi connectivity index (χ0) is 11.9. The van der Waals surface area contributed by atoms with Crippen molar-refractivity contribution in [2.75, 3.05) is 19.8 Å². The number of ether oxygens (including phenoxy) is 2. The van der Waals surface area contributed by atoms with Gasteiger partial charge >= 0.3 is 0 Å². The molecule has 4 nitrogen and oxygen atoms in total. The monoisotopic (exact) mass is 235 g/mol. The van der Waals surface area contributed by atoms with Gasteiger partial charge in [0.25, 0.3) is 0 Å². The molecule has 1 heterocycles. The second-order valence-corrected chi connectivity index (χ2v) is 4.14. The molecule has 0 amide bonds. The smallest absolute Gasteiger partial charge is 0.139 e. The number of hydrogen-bond acceptors (Lipinski definition) is 4. The van der Waals surface area contributed by atoms with Gasteiger partial charge in [-0.25, -0.2) is 0 Å². The maximum Gasteiger partial charge on any atom is 0.139 e. The number of carbonyl (C=O) groups excluding carboxylic acids is 1. The predicted octanol–water partition coefficient (Wildman–Crippen LogP) is 0.759. The Morgan fingerprint density at radius 2 is 2.18 bits per heavy atom. The summed E-state index contributed by atoms with van der Waals surface area (Å²) >= 11 is 0. The lowest BCUT2D eigenvalue weighted by atomic mass is 10.2. The van der Waals surface area contributed by atoms with E-state index in [0.717, 1.165) is 11.8 Å². The van der Waals surface area contributed by atoms with Crippen LogP contribution in [0, 0.1) is 0 Å². The Morgan fingerprint density at radius 1 is 1.35 bits per heavy atom. The largest absolute Gasteiger partial charge is 0.378 e. The van der Waals surface area contributed by atoms with Gasteiger partial charge in [0.1, 0.15) is 6.29 Å². The number of hydrogen-bond donors (Lipinski definition) is 1. The first-order valence-corrected chi connectivity index (χ1v) is 5.79. The number of carbonyl (C=O) groups is 1. The van der Waals surface area contributed by atoms with Crippen molar-refractivity contribution >= 4 is 6.29 Å². The van der Waals surface area contributed by atoms with Crippen LogP contribution < -0.4 is 5.32 Å². The van der Waals surface area contributed by atoms with Gasteiger partial charge in [-0.1, -0.05) is 30.3 Å². The van der Waals surface area contributed by atoms with E-state index in [-0.39, 0.29) is 12.1 Å². The van der Waals surface area contributed by atoms with Crippen LogP contribution in [0.15, 0.2) is 30.3 Å². The van der Waals surface area contributed by atoms with Crippen molar-refractivity contribution in [3.8, 4) is 0 Å². The van der Waals surface area contributed by atoms with Crippen LogP contribution in [-0.2, 0) is 20.9 Å². The fourth-order valence-electron chi connectivity index (χ4n) is 1.80. The number of rotatable bonds is 5. The fourth-order valence-corrected chi connectivity index (χ4v) is 1.80. The van der Waals surface area contributed by atoms with Crippen molar-refractivity contribution in [2.24, 2.45) is 0 Å². The number of morpholine rings is 1. The van der Waals surface area contributed by atoms with Crippen LogP contribution in [0.3, 0.4) is 0 Å². The summed E-state index contributed by atoms with van der Waals surface area (Å²) in [5.74, 6) is 0. The van der Waals surface area contributed by atoms with Crippen molar-refractivity contribution in [2.45, 2.75) is 18.7 Å². The maximum absolute atomic E-state index is 10.6. The number of benzene rings is 1. The minimum absolute atomic E-state index is 0.0997. The lowest BCUT2D eigenvalue weighted by Gasteiger charge is -2.27. The van der Waals surface area contributed by atoms with Gasteiger partial charge in [-0.2, -0.15) is 0 Å². The summed E-state index contributed by atoms with van der Waals surface area (Å²) in [6.45, 7) is 2.20. The summed E-state index contributed by atoms with van der Waals surface area (Å²) in [5.41, 5.74) is 1.15. The maximum atomic E-state index is 10.6. The molecule has 2 atom stereocenters. The topological polar surface area (TPSA) is 47.6 Å². The highest BCUT2D eigenvalue weighted by molar-refractivity contribution is 5.57. The van der Waals surface area contributed by atoms with E-state index < -0.39 is 0 Å². The first kappa shape index (κ1) is 12.2. The van der Waals surface area contributed by atoms with Crippen LogP contribution >= 0.6 is 0 Å². The summed E-state index contributed by atoms with van der Waals surface area (Å²) in [5, 5.41) is 3.17. The Hall–Kier alpha value is -1.23. The van der Waals surface area contributed by atoms with Gasteiger partial charge < -0.3 is 14.3 Å². The van der Waals surface area contributed by atoms with Gasteiger partial charge in [-0.15, -0.1) is 0 Å². The lowest BCUT2D eigenvalue weighted by molar-refractivity contribution is -0.113. The molecule has 1 aliphatic rings. The molecule has 0 radical (unpaired) electrons. The summed E-state index contributed by atoms with van der Waals surface area (Å²) in [4.78, 5) is 10.6. The van der Waals surface area contributed by atoms with Gasteiger partial charge in [-0.3, -0.25) is 5.32 Å². The van der Waals surface area contributed by atoms with Gasteiger partial charge in [0, 0.05) is 0 Å². The number of nitrogens with one attached hydrogen (secondary N) is 1. The highest BCUT2D eigenvalue weighted by Crippen LogP contribution is 2.03. The zero-order valence-corrected chi connectivity index (χ0v) is 9.67. The van der Waals surface area contributed by atoms with Crippen molar-refractivity contribution in [3.05, 3.63) is 35.9 Å². The van der Waals surface area contributed by atoms with E-state index in [1.807, 2.05) is 30.3 Å². The summed E-state index contributed by atoms with van der Waals surface area (Å²) in [6, 6.07) is 9.91. The van der Waals surface area contributed by atoms with Crippen molar-refractivity contribution in [1.82, 2.24) is 5.32 Å². The van der Waals surface area contributed by atoms with E-state index >= 15 is 0 Å². The van der Waals surface area contributed by atoms with Crippen molar-refractivity contribution < 1.29 is 14.3 Å². The van der Waals surface area contributed by atoms with Crippen molar-refractivity contribution in [1.29, 1.82) is 0 Å². The molecular formula is C13H17NO3. The molecule has 1 aromatic carbocycles. The highest BCUT2D eigenvalue weighted by atomic mass is 16.5. The third-order valence-electron chi connectivity index (χ3n) is 2.66. The molecule has 2 unspecified atom stereocenters. The SMILES string of the molecule is O=CC1COCC(COCc2ccccc2)N1. The zero-order valence-electron chi connectivity index (χ0n) is 9.67. The molecule has 0 bridgehead atoms. The predicted molar refractivity (Wildman–Crippen MR) is 63.7 cm³/mol. The molecule has 0 aliphatic carbocycles. The third-order valence-corrected chi connectivity index (χ3v) is 2.66. The molecule has 17 heavy (non-hydrogen) atoms. The summed E-state index contributed by atoms with van der Waals surface area (Å²) in [6.07, 6.45) is 0.878. The van der Waals surface area contributed by atoms with E-state index in [2.05, 4.69) is 5.32 Å². The Kier molecular flexibility index (Phi) is 4.67.